The van der Waals surface area contributed by atoms with Gasteiger partial charge in [0.1, 0.15) is 0 Å². The van der Waals surface area contributed by atoms with Crippen LogP contribution < -0.4 is 5.32 Å². The number of hydrogen-bond donors (Lipinski definition) is 1. The Morgan fingerprint density at radius 2 is 1.82 bits per heavy atom. The van der Waals surface area contributed by atoms with Crippen LogP contribution in [0, 0.1) is 6.92 Å². The first-order valence-electron chi connectivity index (χ1n) is 11.6. The number of carbonyl (C=O) groups is 1. The van der Waals surface area contributed by atoms with Crippen LogP contribution in [0.1, 0.15) is 58.8 Å². The van der Waals surface area contributed by atoms with E-state index in [1.807, 2.05) is 29.8 Å². The fourth-order valence-corrected chi connectivity index (χ4v) is 6.03. The molecule has 1 amide bonds. The van der Waals surface area contributed by atoms with Crippen molar-refractivity contribution in [3.8, 4) is 5.69 Å². The van der Waals surface area contributed by atoms with Crippen LogP contribution in [0.4, 0.5) is 0 Å². The van der Waals surface area contributed by atoms with Gasteiger partial charge < -0.3 is 5.32 Å². The SMILES string of the molecule is Cc1ccc(-n2ncc(C(=O)NCc3ccc(S(=O)(=O)N4CCCC4)cc3)c2C2CC2)cc1Cl. The molecule has 0 spiro atoms. The van der Waals surface area contributed by atoms with E-state index in [1.54, 1.807) is 30.5 Å². The first-order valence-corrected chi connectivity index (χ1v) is 13.4. The number of carbonyl (C=O) groups excluding carboxylic acids is 1. The lowest BCUT2D eigenvalue weighted by molar-refractivity contribution is 0.0950. The van der Waals surface area contributed by atoms with Crippen LogP contribution in [-0.2, 0) is 16.6 Å². The van der Waals surface area contributed by atoms with Gasteiger partial charge >= 0.3 is 0 Å². The average molecular weight is 499 g/mol. The molecule has 2 heterocycles. The molecule has 3 aromatic rings. The molecular weight excluding hydrogens is 472 g/mol. The number of nitrogens with one attached hydrogen (secondary N) is 1. The number of nitrogens with zero attached hydrogens (tertiary/aromatic N) is 3. The van der Waals surface area contributed by atoms with Crippen molar-refractivity contribution in [2.75, 3.05) is 13.1 Å². The maximum Gasteiger partial charge on any atom is 0.255 e. The monoisotopic (exact) mass is 498 g/mol. The maximum absolute atomic E-state index is 13.0. The van der Waals surface area contributed by atoms with Crippen LogP contribution in [0.5, 0.6) is 0 Å². The second-order valence-electron chi connectivity index (χ2n) is 9.00. The van der Waals surface area contributed by atoms with Crippen molar-refractivity contribution in [2.24, 2.45) is 0 Å². The molecule has 2 fully saturated rings. The first-order chi connectivity index (χ1) is 16.3. The van der Waals surface area contributed by atoms with Crippen molar-refractivity contribution in [3.05, 3.63) is 76.1 Å². The van der Waals surface area contributed by atoms with E-state index in [1.165, 1.54) is 4.31 Å². The highest BCUT2D eigenvalue weighted by Crippen LogP contribution is 2.42. The lowest BCUT2D eigenvalue weighted by Crippen LogP contribution is -2.28. The molecule has 2 aliphatic rings. The molecule has 0 atom stereocenters. The number of amides is 1. The number of hydrogen-bond acceptors (Lipinski definition) is 4. The molecule has 0 bridgehead atoms. The quantitative estimate of drug-likeness (QED) is 0.522. The average Bonchev–Trinajstić information content (AvgIpc) is 3.33. The van der Waals surface area contributed by atoms with Gasteiger partial charge in [-0.2, -0.15) is 9.40 Å². The third-order valence-corrected chi connectivity index (χ3v) is 8.81. The molecule has 1 N–H and O–H groups in total. The molecule has 0 radical (unpaired) electrons. The van der Waals surface area contributed by atoms with Crippen molar-refractivity contribution in [1.29, 1.82) is 0 Å². The molecule has 9 heteroatoms. The number of sulfonamides is 1. The standard InChI is InChI=1S/C25H27ClN4O3S/c1-17-4-9-20(14-23(17)26)30-24(19-7-8-19)22(16-28-30)25(31)27-15-18-5-10-21(11-6-18)34(32,33)29-12-2-3-13-29/h4-6,9-11,14,16,19H,2-3,7-8,12-13,15H2,1H3,(H,27,31). The Kier molecular flexibility index (Phi) is 6.22. The molecule has 1 aliphatic carbocycles. The van der Waals surface area contributed by atoms with Gasteiger partial charge in [-0.15, -0.1) is 0 Å². The fraction of sp³-hybridized carbons (Fsp3) is 0.360. The Balaban J connectivity index is 1.30. The van der Waals surface area contributed by atoms with Gasteiger partial charge in [0.2, 0.25) is 10.0 Å². The minimum atomic E-state index is -3.44. The van der Waals surface area contributed by atoms with Crippen LogP contribution in [0.3, 0.4) is 0 Å². The van der Waals surface area contributed by atoms with E-state index >= 15 is 0 Å². The molecule has 0 unspecified atom stereocenters. The van der Waals surface area contributed by atoms with Crippen molar-refractivity contribution in [1.82, 2.24) is 19.4 Å². The highest BCUT2D eigenvalue weighted by atomic mass is 35.5. The minimum Gasteiger partial charge on any atom is -0.348 e. The van der Waals surface area contributed by atoms with E-state index in [0.717, 1.165) is 48.2 Å². The maximum atomic E-state index is 13.0. The molecule has 1 saturated carbocycles. The van der Waals surface area contributed by atoms with Crippen molar-refractivity contribution in [2.45, 2.75) is 50.0 Å². The van der Waals surface area contributed by atoms with Crippen LogP contribution in [0.15, 0.2) is 53.6 Å². The van der Waals surface area contributed by atoms with Crippen LogP contribution in [0.25, 0.3) is 5.69 Å². The zero-order valence-corrected chi connectivity index (χ0v) is 20.6. The van der Waals surface area contributed by atoms with Crippen molar-refractivity contribution in [3.63, 3.8) is 0 Å². The predicted octanol–water partition coefficient (Wildman–Crippen LogP) is 4.43. The summed E-state index contributed by atoms with van der Waals surface area (Å²) in [5, 5.41) is 8.12. The Hall–Kier alpha value is -2.68. The van der Waals surface area contributed by atoms with E-state index in [-0.39, 0.29) is 5.91 Å². The molecule has 2 aromatic carbocycles. The molecule has 7 nitrogen and oxygen atoms in total. The van der Waals surface area contributed by atoms with Crippen LogP contribution >= 0.6 is 11.6 Å². The number of rotatable bonds is 7. The molecule has 178 valence electrons. The van der Waals surface area contributed by atoms with Gasteiger partial charge in [-0.3, -0.25) is 4.79 Å². The van der Waals surface area contributed by atoms with Gasteiger partial charge in [0.25, 0.3) is 5.91 Å². The molecule has 1 saturated heterocycles. The number of aromatic nitrogens is 2. The third kappa shape index (κ3) is 4.50. The van der Waals surface area contributed by atoms with Gasteiger partial charge in [-0.25, -0.2) is 13.1 Å². The van der Waals surface area contributed by atoms with E-state index in [0.29, 0.717) is 41.0 Å². The third-order valence-electron chi connectivity index (χ3n) is 6.49. The van der Waals surface area contributed by atoms with E-state index in [9.17, 15) is 13.2 Å². The second-order valence-corrected chi connectivity index (χ2v) is 11.3. The van der Waals surface area contributed by atoms with Crippen molar-refractivity contribution < 1.29 is 13.2 Å². The summed E-state index contributed by atoms with van der Waals surface area (Å²) in [6, 6.07) is 12.5. The summed E-state index contributed by atoms with van der Waals surface area (Å²) in [6.45, 7) is 3.40. The van der Waals surface area contributed by atoms with Gasteiger partial charge in [-0.1, -0.05) is 29.8 Å². The lowest BCUT2D eigenvalue weighted by atomic mass is 10.1. The molecular formula is C25H27ClN4O3S. The topological polar surface area (TPSA) is 84.3 Å². The van der Waals surface area contributed by atoms with E-state index in [2.05, 4.69) is 10.4 Å². The van der Waals surface area contributed by atoms with Gasteiger partial charge in [0.05, 0.1) is 28.0 Å². The van der Waals surface area contributed by atoms with Crippen molar-refractivity contribution >= 4 is 27.5 Å². The number of benzene rings is 2. The minimum absolute atomic E-state index is 0.194. The first kappa shape index (κ1) is 23.1. The molecule has 5 rings (SSSR count). The highest BCUT2D eigenvalue weighted by Gasteiger charge is 2.33. The van der Waals surface area contributed by atoms with Gasteiger partial charge in [0, 0.05) is 30.6 Å². The number of aryl methyl sites for hydroxylation is 1. The van der Waals surface area contributed by atoms with Crippen LogP contribution in [0.2, 0.25) is 5.02 Å². The van der Waals surface area contributed by atoms with E-state index < -0.39 is 10.0 Å². The predicted molar refractivity (Wildman–Crippen MR) is 131 cm³/mol. The van der Waals surface area contributed by atoms with E-state index in [4.69, 9.17) is 11.6 Å². The Morgan fingerprint density at radius 1 is 1.12 bits per heavy atom. The summed E-state index contributed by atoms with van der Waals surface area (Å²) in [7, 11) is -3.44. The molecule has 34 heavy (non-hydrogen) atoms. The lowest BCUT2D eigenvalue weighted by Gasteiger charge is -2.15. The fourth-order valence-electron chi connectivity index (χ4n) is 4.34. The summed E-state index contributed by atoms with van der Waals surface area (Å²) in [4.78, 5) is 13.3. The molecule has 1 aliphatic heterocycles. The summed E-state index contributed by atoms with van der Waals surface area (Å²) in [5.74, 6) is 0.110. The summed E-state index contributed by atoms with van der Waals surface area (Å²) >= 11 is 6.31. The molecule has 1 aromatic heterocycles. The normalized spacial score (nSPS) is 16.6. The summed E-state index contributed by atoms with van der Waals surface area (Å²) in [6.07, 6.45) is 5.47. The van der Waals surface area contributed by atoms with Crippen LogP contribution in [-0.4, -0.2) is 41.5 Å². The smallest absolute Gasteiger partial charge is 0.255 e. The van der Waals surface area contributed by atoms with Gasteiger partial charge in [-0.05, 0) is 68.0 Å². The Labute approximate surface area is 204 Å². The number of halogens is 1. The summed E-state index contributed by atoms with van der Waals surface area (Å²) in [5.41, 5.74) is 4.13. The zero-order chi connectivity index (χ0) is 23.9. The highest BCUT2D eigenvalue weighted by molar-refractivity contribution is 7.89. The second kappa shape index (κ2) is 9.17. The Morgan fingerprint density at radius 3 is 2.47 bits per heavy atom. The summed E-state index contributed by atoms with van der Waals surface area (Å²) < 4.78 is 28.7. The Bertz CT molecular complexity index is 1320. The largest absolute Gasteiger partial charge is 0.348 e. The zero-order valence-electron chi connectivity index (χ0n) is 19.0. The van der Waals surface area contributed by atoms with Gasteiger partial charge in [0.15, 0.2) is 0 Å².